The number of aromatic nitrogens is 2. The van der Waals surface area contributed by atoms with E-state index in [1.165, 1.54) is 0 Å². The molecule has 1 aliphatic carbocycles. The van der Waals surface area contributed by atoms with Crippen molar-refractivity contribution in [1.29, 1.82) is 0 Å². The van der Waals surface area contributed by atoms with Crippen molar-refractivity contribution >= 4 is 82.1 Å². The molecule has 37 heavy (non-hydrogen) atoms. The number of carbonyl (C=O) groups is 1. The van der Waals surface area contributed by atoms with E-state index in [1.54, 1.807) is 17.5 Å². The Bertz CT molecular complexity index is 1170. The minimum atomic E-state index is -0.00954. The van der Waals surface area contributed by atoms with Gasteiger partial charge in [0.25, 0.3) is 5.91 Å². The molecule has 1 saturated heterocycles. The summed E-state index contributed by atoms with van der Waals surface area (Å²) in [5, 5.41) is 7.89. The van der Waals surface area contributed by atoms with Crippen LogP contribution >= 0.6 is 60.2 Å². The first-order chi connectivity index (χ1) is 16.6. The van der Waals surface area contributed by atoms with Gasteiger partial charge in [0.2, 0.25) is 5.95 Å². The third kappa shape index (κ3) is 8.05. The number of amides is 1. The van der Waals surface area contributed by atoms with Crippen molar-refractivity contribution in [2.75, 3.05) is 51.1 Å². The molecule has 2 aliphatic rings. The summed E-state index contributed by atoms with van der Waals surface area (Å²) in [5.74, 6) is 0.573. The zero-order valence-electron chi connectivity index (χ0n) is 20.7. The number of benzene rings is 1. The highest BCUT2D eigenvalue weighted by Crippen LogP contribution is 2.37. The second-order valence-electron chi connectivity index (χ2n) is 9.02. The first kappa shape index (κ1) is 31.8. The number of fused-ring (bicyclic) bond motifs is 1. The van der Waals surface area contributed by atoms with Crippen LogP contribution in [0.25, 0.3) is 20.7 Å². The third-order valence-corrected chi connectivity index (χ3v) is 7.93. The van der Waals surface area contributed by atoms with Gasteiger partial charge in [0.1, 0.15) is 5.69 Å². The van der Waals surface area contributed by atoms with Gasteiger partial charge in [-0.05, 0) is 50.6 Å². The van der Waals surface area contributed by atoms with Crippen molar-refractivity contribution in [1.82, 2.24) is 25.1 Å². The SMILES string of the molecule is CCN1CCN(CCCNc2ncc(Cl)c(-c3cc4c(C(=O)NC5CC5)cccc4s3)n2)CC1.Cl.Cl.Cl. The Balaban J connectivity index is 0.00000160. The lowest BCUT2D eigenvalue weighted by Gasteiger charge is -2.33. The Hall–Kier alpha value is -1.39. The van der Waals surface area contributed by atoms with Crippen molar-refractivity contribution in [2.45, 2.75) is 32.2 Å². The van der Waals surface area contributed by atoms with E-state index in [-0.39, 0.29) is 43.1 Å². The molecule has 3 aromatic rings. The highest BCUT2D eigenvalue weighted by Gasteiger charge is 2.25. The van der Waals surface area contributed by atoms with Gasteiger partial charge in [0, 0.05) is 54.4 Å². The number of anilines is 1. The molecule has 5 rings (SSSR count). The molecule has 2 fully saturated rings. The summed E-state index contributed by atoms with van der Waals surface area (Å²) in [4.78, 5) is 27.7. The van der Waals surface area contributed by atoms with Crippen LogP contribution in [-0.4, -0.2) is 77.5 Å². The Morgan fingerprint density at radius 1 is 1.14 bits per heavy atom. The maximum Gasteiger partial charge on any atom is 0.252 e. The van der Waals surface area contributed by atoms with E-state index in [0.29, 0.717) is 28.3 Å². The summed E-state index contributed by atoms with van der Waals surface area (Å²) < 4.78 is 1.05. The predicted molar refractivity (Wildman–Crippen MR) is 162 cm³/mol. The van der Waals surface area contributed by atoms with E-state index in [2.05, 4.69) is 32.3 Å². The van der Waals surface area contributed by atoms with Crippen LogP contribution in [0.3, 0.4) is 0 Å². The number of nitrogens with zero attached hydrogens (tertiary/aromatic N) is 4. The number of halogens is 4. The zero-order valence-corrected chi connectivity index (χ0v) is 24.8. The van der Waals surface area contributed by atoms with Crippen LogP contribution in [0.2, 0.25) is 5.02 Å². The standard InChI is InChI=1S/C25H31ClN6OS.3ClH/c1-2-31-11-13-32(14-12-31)10-4-9-27-25-28-16-20(26)23(30-25)22-15-19-18(5-3-6-21(19)34-22)24(33)29-17-7-8-17;;;/h3,5-6,15-17H,2,4,7-14H2,1H3,(H,29,33)(H,27,28,30);3*1H. The molecule has 2 aromatic heterocycles. The van der Waals surface area contributed by atoms with Crippen LogP contribution in [0.4, 0.5) is 5.95 Å². The summed E-state index contributed by atoms with van der Waals surface area (Å²) >= 11 is 8.08. The van der Waals surface area contributed by atoms with Crippen LogP contribution in [0.5, 0.6) is 0 Å². The largest absolute Gasteiger partial charge is 0.354 e. The number of hydrogen-bond donors (Lipinski definition) is 2. The van der Waals surface area contributed by atoms with Crippen LogP contribution in [0.15, 0.2) is 30.5 Å². The van der Waals surface area contributed by atoms with Gasteiger partial charge in [0.15, 0.2) is 0 Å². The molecular formula is C25H34Cl4N6OS. The maximum atomic E-state index is 12.7. The first-order valence-electron chi connectivity index (χ1n) is 12.2. The molecule has 12 heteroatoms. The number of rotatable bonds is 9. The van der Waals surface area contributed by atoms with E-state index in [4.69, 9.17) is 16.6 Å². The van der Waals surface area contributed by atoms with Crippen molar-refractivity contribution in [2.24, 2.45) is 0 Å². The van der Waals surface area contributed by atoms with Gasteiger partial charge in [-0.25, -0.2) is 9.97 Å². The molecule has 7 nitrogen and oxygen atoms in total. The van der Waals surface area contributed by atoms with Crippen molar-refractivity contribution < 1.29 is 4.79 Å². The Morgan fingerprint density at radius 2 is 1.86 bits per heavy atom. The lowest BCUT2D eigenvalue weighted by molar-refractivity contribution is 0.0952. The Morgan fingerprint density at radius 3 is 2.57 bits per heavy atom. The minimum Gasteiger partial charge on any atom is -0.354 e. The fourth-order valence-corrected chi connectivity index (χ4v) is 5.66. The summed E-state index contributed by atoms with van der Waals surface area (Å²) in [6.07, 6.45) is 4.83. The smallest absolute Gasteiger partial charge is 0.252 e. The topological polar surface area (TPSA) is 73.4 Å². The number of thiophene rings is 1. The number of likely N-dealkylation sites (N-methyl/N-ethyl adjacent to an activating group) is 1. The molecule has 1 aliphatic heterocycles. The lowest BCUT2D eigenvalue weighted by atomic mass is 10.1. The molecule has 0 atom stereocenters. The van der Waals surface area contributed by atoms with Crippen molar-refractivity contribution in [3.63, 3.8) is 0 Å². The second-order valence-corrected chi connectivity index (χ2v) is 10.5. The van der Waals surface area contributed by atoms with Crippen LogP contribution in [0.1, 0.15) is 36.5 Å². The van der Waals surface area contributed by atoms with E-state index in [1.807, 2.05) is 24.3 Å². The molecule has 0 spiro atoms. The highest BCUT2D eigenvalue weighted by molar-refractivity contribution is 7.22. The molecule has 0 bridgehead atoms. The quantitative estimate of drug-likeness (QED) is 0.308. The molecule has 1 amide bonds. The fourth-order valence-electron chi connectivity index (χ4n) is 4.32. The van der Waals surface area contributed by atoms with Crippen LogP contribution in [0, 0.1) is 0 Å². The van der Waals surface area contributed by atoms with Gasteiger partial charge in [-0.3, -0.25) is 4.79 Å². The molecule has 0 unspecified atom stereocenters. The lowest BCUT2D eigenvalue weighted by Crippen LogP contribution is -2.46. The number of nitrogens with one attached hydrogen (secondary N) is 2. The molecule has 0 radical (unpaired) electrons. The molecule has 3 heterocycles. The van der Waals surface area contributed by atoms with Crippen LogP contribution < -0.4 is 10.6 Å². The van der Waals surface area contributed by atoms with Crippen LogP contribution in [-0.2, 0) is 0 Å². The van der Waals surface area contributed by atoms with E-state index >= 15 is 0 Å². The fraction of sp³-hybridized carbons (Fsp3) is 0.480. The van der Waals surface area contributed by atoms with Gasteiger partial charge < -0.3 is 20.4 Å². The van der Waals surface area contributed by atoms with Gasteiger partial charge in [-0.2, -0.15) is 0 Å². The number of hydrogen-bond acceptors (Lipinski definition) is 7. The number of carbonyl (C=O) groups excluding carboxylic acids is 1. The average Bonchev–Trinajstić information content (AvgIpc) is 3.56. The highest BCUT2D eigenvalue weighted by atomic mass is 35.5. The summed E-state index contributed by atoms with van der Waals surface area (Å²) in [5.41, 5.74) is 1.40. The molecular weight excluding hydrogens is 574 g/mol. The Labute approximate surface area is 246 Å². The second kappa shape index (κ2) is 14.7. The monoisotopic (exact) mass is 606 g/mol. The molecule has 1 saturated carbocycles. The zero-order chi connectivity index (χ0) is 23.5. The Kier molecular flexibility index (Phi) is 12.6. The van der Waals surface area contributed by atoms with Gasteiger partial charge >= 0.3 is 0 Å². The number of piperazine rings is 1. The molecule has 1 aromatic carbocycles. The van der Waals surface area contributed by atoms with E-state index in [9.17, 15) is 4.79 Å². The summed E-state index contributed by atoms with van der Waals surface area (Å²) in [6, 6.07) is 8.20. The average molecular weight is 608 g/mol. The molecule has 2 N–H and O–H groups in total. The normalized spacial score (nSPS) is 15.8. The summed E-state index contributed by atoms with van der Waals surface area (Å²) in [6.45, 7) is 9.85. The third-order valence-electron chi connectivity index (χ3n) is 6.54. The van der Waals surface area contributed by atoms with E-state index in [0.717, 1.165) is 80.0 Å². The van der Waals surface area contributed by atoms with Crippen molar-refractivity contribution in [3.05, 3.63) is 41.0 Å². The van der Waals surface area contributed by atoms with Gasteiger partial charge in [-0.15, -0.1) is 48.6 Å². The predicted octanol–water partition coefficient (Wildman–Crippen LogP) is 5.61. The summed E-state index contributed by atoms with van der Waals surface area (Å²) in [7, 11) is 0. The molecule has 204 valence electrons. The van der Waals surface area contributed by atoms with E-state index < -0.39 is 0 Å². The first-order valence-corrected chi connectivity index (χ1v) is 13.3. The van der Waals surface area contributed by atoms with Gasteiger partial charge in [0.05, 0.1) is 16.1 Å². The van der Waals surface area contributed by atoms with Gasteiger partial charge in [-0.1, -0.05) is 24.6 Å². The van der Waals surface area contributed by atoms with Crippen molar-refractivity contribution in [3.8, 4) is 10.6 Å². The minimum absolute atomic E-state index is 0. The maximum absolute atomic E-state index is 12.7.